The molecule has 0 heterocycles. The number of anilines is 1. The van der Waals surface area contributed by atoms with Crippen molar-refractivity contribution < 1.29 is 27.8 Å². The Bertz CT molecular complexity index is 632. The highest BCUT2D eigenvalue weighted by atomic mass is 19.4. The standard InChI is InChI=1S/C15H15F3N2O3/c16-15(17,18)9-23-12-4-3-11(7-10(12)8-19)20-13(21)14(22)5-1-2-6-14/h3-4,7,22H,1-2,5-6,9H2,(H,20,21). The minimum Gasteiger partial charge on any atom is -0.483 e. The van der Waals surface area contributed by atoms with Gasteiger partial charge in [0.1, 0.15) is 17.4 Å². The minimum absolute atomic E-state index is 0.134. The first kappa shape index (κ1) is 17.1. The Kier molecular flexibility index (Phi) is 4.80. The number of halogens is 3. The van der Waals surface area contributed by atoms with Gasteiger partial charge in [-0.15, -0.1) is 0 Å². The van der Waals surface area contributed by atoms with E-state index in [9.17, 15) is 23.1 Å². The van der Waals surface area contributed by atoms with E-state index in [4.69, 9.17) is 5.26 Å². The third kappa shape index (κ3) is 4.36. The number of hydrogen-bond acceptors (Lipinski definition) is 4. The fraction of sp³-hybridized carbons (Fsp3) is 0.467. The molecule has 23 heavy (non-hydrogen) atoms. The first-order valence-corrected chi connectivity index (χ1v) is 7.01. The molecule has 0 saturated heterocycles. The molecule has 0 bridgehead atoms. The van der Waals surface area contributed by atoms with E-state index in [-0.39, 0.29) is 17.0 Å². The summed E-state index contributed by atoms with van der Waals surface area (Å²) in [5.74, 6) is -0.801. The van der Waals surface area contributed by atoms with Gasteiger partial charge in [-0.3, -0.25) is 4.79 Å². The van der Waals surface area contributed by atoms with Gasteiger partial charge in [-0.1, -0.05) is 0 Å². The number of hydrogen-bond donors (Lipinski definition) is 2. The molecule has 1 aromatic carbocycles. The summed E-state index contributed by atoms with van der Waals surface area (Å²) in [6.07, 6.45) is -2.30. The molecule has 5 nitrogen and oxygen atoms in total. The predicted molar refractivity (Wildman–Crippen MR) is 74.8 cm³/mol. The van der Waals surface area contributed by atoms with Crippen molar-refractivity contribution in [2.45, 2.75) is 37.5 Å². The van der Waals surface area contributed by atoms with Gasteiger partial charge in [0.15, 0.2) is 6.61 Å². The van der Waals surface area contributed by atoms with Crippen molar-refractivity contribution >= 4 is 11.6 Å². The van der Waals surface area contributed by atoms with Crippen LogP contribution in [-0.2, 0) is 4.79 Å². The molecular formula is C15H15F3N2O3. The molecule has 2 N–H and O–H groups in total. The zero-order valence-corrected chi connectivity index (χ0v) is 12.1. The van der Waals surface area contributed by atoms with E-state index in [1.807, 2.05) is 0 Å². The van der Waals surface area contributed by atoms with E-state index < -0.39 is 24.3 Å². The fourth-order valence-electron chi connectivity index (χ4n) is 2.41. The Morgan fingerprint density at radius 1 is 1.39 bits per heavy atom. The van der Waals surface area contributed by atoms with Crippen LogP contribution in [0.5, 0.6) is 5.75 Å². The van der Waals surface area contributed by atoms with Crippen LogP contribution in [0.3, 0.4) is 0 Å². The van der Waals surface area contributed by atoms with Crippen molar-refractivity contribution in [3.8, 4) is 11.8 Å². The molecule has 2 rings (SSSR count). The average Bonchev–Trinajstić information content (AvgIpc) is 2.93. The number of nitriles is 1. The van der Waals surface area contributed by atoms with Crippen LogP contribution in [0.25, 0.3) is 0 Å². The number of aliphatic hydroxyl groups is 1. The molecule has 1 fully saturated rings. The van der Waals surface area contributed by atoms with Gasteiger partial charge < -0.3 is 15.2 Å². The zero-order valence-electron chi connectivity index (χ0n) is 12.1. The van der Waals surface area contributed by atoms with Crippen LogP contribution in [-0.4, -0.2) is 29.4 Å². The van der Waals surface area contributed by atoms with Crippen molar-refractivity contribution in [2.75, 3.05) is 11.9 Å². The highest BCUT2D eigenvalue weighted by Gasteiger charge is 2.38. The maximum absolute atomic E-state index is 12.2. The van der Waals surface area contributed by atoms with Gasteiger partial charge in [0.05, 0.1) is 5.56 Å². The summed E-state index contributed by atoms with van der Waals surface area (Å²) in [5, 5.41) is 21.6. The molecule has 0 unspecified atom stereocenters. The summed E-state index contributed by atoms with van der Waals surface area (Å²) < 4.78 is 41.0. The van der Waals surface area contributed by atoms with Crippen molar-refractivity contribution in [2.24, 2.45) is 0 Å². The number of nitrogens with zero attached hydrogens (tertiary/aromatic N) is 1. The lowest BCUT2D eigenvalue weighted by molar-refractivity contribution is -0.153. The fourth-order valence-corrected chi connectivity index (χ4v) is 2.41. The molecular weight excluding hydrogens is 313 g/mol. The average molecular weight is 328 g/mol. The van der Waals surface area contributed by atoms with E-state index in [0.717, 1.165) is 12.8 Å². The number of ether oxygens (including phenoxy) is 1. The van der Waals surface area contributed by atoms with Crippen LogP contribution < -0.4 is 10.1 Å². The third-order valence-corrected chi connectivity index (χ3v) is 3.60. The number of carbonyl (C=O) groups is 1. The molecule has 1 aliphatic rings. The van der Waals surface area contributed by atoms with Crippen LogP contribution in [0.2, 0.25) is 0 Å². The van der Waals surface area contributed by atoms with Gasteiger partial charge in [-0.05, 0) is 43.9 Å². The van der Waals surface area contributed by atoms with Gasteiger partial charge in [0.2, 0.25) is 0 Å². The van der Waals surface area contributed by atoms with E-state index in [0.29, 0.717) is 12.8 Å². The highest BCUT2D eigenvalue weighted by molar-refractivity contribution is 5.97. The second-order valence-electron chi connectivity index (χ2n) is 5.42. The Morgan fingerprint density at radius 3 is 2.61 bits per heavy atom. The lowest BCUT2D eigenvalue weighted by Crippen LogP contribution is -2.40. The van der Waals surface area contributed by atoms with Crippen molar-refractivity contribution in [3.05, 3.63) is 23.8 Å². The molecule has 1 amide bonds. The number of amides is 1. The van der Waals surface area contributed by atoms with Crippen LogP contribution in [0, 0.1) is 11.3 Å². The van der Waals surface area contributed by atoms with Crippen molar-refractivity contribution in [1.29, 1.82) is 5.26 Å². The predicted octanol–water partition coefficient (Wildman–Crippen LogP) is 2.74. The minimum atomic E-state index is -4.51. The Labute approximate surface area is 130 Å². The summed E-state index contributed by atoms with van der Waals surface area (Å²) >= 11 is 0. The van der Waals surface area contributed by atoms with E-state index in [2.05, 4.69) is 10.1 Å². The largest absolute Gasteiger partial charge is 0.483 e. The molecule has 0 atom stereocenters. The van der Waals surface area contributed by atoms with Crippen LogP contribution >= 0.6 is 0 Å². The third-order valence-electron chi connectivity index (χ3n) is 3.60. The summed E-state index contributed by atoms with van der Waals surface area (Å²) in [5.41, 5.74) is -1.35. The number of nitrogens with one attached hydrogen (secondary N) is 1. The molecule has 1 aliphatic carbocycles. The number of rotatable bonds is 4. The summed E-state index contributed by atoms with van der Waals surface area (Å²) in [7, 11) is 0. The topological polar surface area (TPSA) is 82.4 Å². The second-order valence-corrected chi connectivity index (χ2v) is 5.42. The van der Waals surface area contributed by atoms with Crippen molar-refractivity contribution in [1.82, 2.24) is 0 Å². The second kappa shape index (κ2) is 6.46. The zero-order chi connectivity index (χ0) is 17.1. The monoisotopic (exact) mass is 328 g/mol. The number of alkyl halides is 3. The first-order valence-electron chi connectivity index (χ1n) is 7.01. The van der Waals surface area contributed by atoms with E-state index in [1.165, 1.54) is 18.2 Å². The lowest BCUT2D eigenvalue weighted by atomic mass is 10.0. The van der Waals surface area contributed by atoms with Gasteiger partial charge in [-0.2, -0.15) is 18.4 Å². The molecule has 8 heteroatoms. The van der Waals surface area contributed by atoms with Crippen LogP contribution in [0.4, 0.5) is 18.9 Å². The number of carbonyl (C=O) groups excluding carboxylic acids is 1. The van der Waals surface area contributed by atoms with Crippen LogP contribution in [0.1, 0.15) is 31.2 Å². The highest BCUT2D eigenvalue weighted by Crippen LogP contribution is 2.31. The van der Waals surface area contributed by atoms with Gasteiger partial charge in [0, 0.05) is 5.69 Å². The van der Waals surface area contributed by atoms with E-state index in [1.54, 1.807) is 6.07 Å². The Hall–Kier alpha value is -2.27. The quantitative estimate of drug-likeness (QED) is 0.890. The molecule has 0 spiro atoms. The van der Waals surface area contributed by atoms with Gasteiger partial charge in [-0.25, -0.2) is 0 Å². The van der Waals surface area contributed by atoms with Crippen molar-refractivity contribution in [3.63, 3.8) is 0 Å². The first-order chi connectivity index (χ1) is 10.7. The van der Waals surface area contributed by atoms with Crippen LogP contribution in [0.15, 0.2) is 18.2 Å². The smallest absolute Gasteiger partial charge is 0.422 e. The SMILES string of the molecule is N#Cc1cc(NC(=O)C2(O)CCCC2)ccc1OCC(F)(F)F. The van der Waals surface area contributed by atoms with Gasteiger partial charge >= 0.3 is 6.18 Å². The van der Waals surface area contributed by atoms with E-state index >= 15 is 0 Å². The summed E-state index contributed by atoms with van der Waals surface area (Å²) in [6, 6.07) is 5.43. The molecule has 0 radical (unpaired) electrons. The maximum Gasteiger partial charge on any atom is 0.422 e. The molecule has 0 aromatic heterocycles. The molecule has 0 aliphatic heterocycles. The van der Waals surface area contributed by atoms with Gasteiger partial charge in [0.25, 0.3) is 5.91 Å². The maximum atomic E-state index is 12.2. The Morgan fingerprint density at radius 2 is 2.04 bits per heavy atom. The Balaban J connectivity index is 2.10. The number of benzene rings is 1. The molecule has 1 aromatic rings. The molecule has 1 saturated carbocycles. The summed E-state index contributed by atoms with van der Waals surface area (Å²) in [6.45, 7) is -1.51. The normalized spacial score (nSPS) is 16.7. The lowest BCUT2D eigenvalue weighted by Gasteiger charge is -2.21. The summed E-state index contributed by atoms with van der Waals surface area (Å²) in [4.78, 5) is 12.1. The molecule has 124 valence electrons.